The summed E-state index contributed by atoms with van der Waals surface area (Å²) in [5.74, 6) is 0.948. The van der Waals surface area contributed by atoms with Gasteiger partial charge in [-0.25, -0.2) is 0 Å². The predicted molar refractivity (Wildman–Crippen MR) is 139 cm³/mol. The van der Waals surface area contributed by atoms with E-state index in [1.54, 1.807) is 7.11 Å². The number of nitrogens with one attached hydrogen (secondary N) is 1. The highest BCUT2D eigenvalue weighted by molar-refractivity contribution is 5.97. The summed E-state index contributed by atoms with van der Waals surface area (Å²) in [6, 6.07) is 31.1. The number of hydrogen-bond donors (Lipinski definition) is 1. The molecule has 0 aliphatic carbocycles. The molecule has 4 aromatic rings. The highest BCUT2D eigenvalue weighted by atomic mass is 16.5. The first kappa shape index (κ1) is 22.2. The van der Waals surface area contributed by atoms with E-state index in [1.807, 2.05) is 48.5 Å². The van der Waals surface area contributed by atoms with Crippen molar-refractivity contribution in [3.05, 3.63) is 96.6 Å². The first-order valence-corrected chi connectivity index (χ1v) is 11.9. The van der Waals surface area contributed by atoms with Crippen molar-refractivity contribution in [2.45, 2.75) is 19.4 Å². The summed E-state index contributed by atoms with van der Waals surface area (Å²) in [4.78, 5) is 15.6. The SMILES string of the molecule is COc1cccc(-c2ccccc2NC(=O)C2CCN(Cc3ccc4ccccc4c3)CC2)c1. The molecule has 0 radical (unpaired) electrons. The van der Waals surface area contributed by atoms with Crippen molar-refractivity contribution in [1.29, 1.82) is 0 Å². The van der Waals surface area contributed by atoms with Crippen LogP contribution in [-0.4, -0.2) is 31.0 Å². The van der Waals surface area contributed by atoms with Gasteiger partial charge in [-0.15, -0.1) is 0 Å². The second-order valence-electron chi connectivity index (χ2n) is 9.00. The molecular formula is C30H30N2O2. The van der Waals surface area contributed by atoms with Crippen LogP contribution in [0, 0.1) is 5.92 Å². The molecule has 1 aliphatic heterocycles. The van der Waals surface area contributed by atoms with Gasteiger partial charge in [0.15, 0.2) is 0 Å². The highest BCUT2D eigenvalue weighted by Gasteiger charge is 2.25. The zero-order valence-corrected chi connectivity index (χ0v) is 19.5. The molecule has 0 saturated carbocycles. The van der Waals surface area contributed by atoms with Crippen molar-refractivity contribution in [3.8, 4) is 16.9 Å². The van der Waals surface area contributed by atoms with Crippen LogP contribution in [0.15, 0.2) is 91.0 Å². The lowest BCUT2D eigenvalue weighted by Gasteiger charge is -2.31. The normalized spacial score (nSPS) is 14.7. The molecule has 1 fully saturated rings. The van der Waals surface area contributed by atoms with E-state index in [0.29, 0.717) is 0 Å². The molecule has 0 aromatic heterocycles. The molecule has 0 spiro atoms. The standard InChI is InChI=1S/C30H30N2O2/c1-34-27-10-6-9-26(20-27)28-11-4-5-12-29(28)31-30(33)24-15-17-32(18-16-24)21-22-13-14-23-7-2-3-8-25(23)19-22/h2-14,19-20,24H,15-18,21H2,1H3,(H,31,33). The van der Waals surface area contributed by atoms with Crippen LogP contribution >= 0.6 is 0 Å². The van der Waals surface area contributed by atoms with Crippen LogP contribution in [0.4, 0.5) is 5.69 Å². The minimum atomic E-state index is 0.0335. The van der Waals surface area contributed by atoms with Crippen molar-refractivity contribution in [3.63, 3.8) is 0 Å². The largest absolute Gasteiger partial charge is 0.497 e. The molecule has 1 saturated heterocycles. The van der Waals surface area contributed by atoms with Crippen molar-refractivity contribution < 1.29 is 9.53 Å². The van der Waals surface area contributed by atoms with E-state index in [1.165, 1.54) is 16.3 Å². The van der Waals surface area contributed by atoms with Crippen LogP contribution in [0.2, 0.25) is 0 Å². The Labute approximate surface area is 201 Å². The molecule has 1 amide bonds. The van der Waals surface area contributed by atoms with Crippen molar-refractivity contribution in [2.24, 2.45) is 5.92 Å². The number of likely N-dealkylation sites (tertiary alicyclic amines) is 1. The van der Waals surface area contributed by atoms with Gasteiger partial charge in [-0.2, -0.15) is 0 Å². The number of amides is 1. The second kappa shape index (κ2) is 10.1. The molecule has 0 bridgehead atoms. The number of rotatable bonds is 6. The van der Waals surface area contributed by atoms with Crippen molar-refractivity contribution >= 4 is 22.4 Å². The smallest absolute Gasteiger partial charge is 0.227 e. The molecule has 1 heterocycles. The number of hydrogen-bond acceptors (Lipinski definition) is 3. The zero-order chi connectivity index (χ0) is 23.3. The molecule has 5 rings (SSSR count). The Hall–Kier alpha value is -3.63. The minimum Gasteiger partial charge on any atom is -0.497 e. The summed E-state index contributed by atoms with van der Waals surface area (Å²) >= 11 is 0. The van der Waals surface area contributed by atoms with Gasteiger partial charge in [-0.05, 0) is 72.1 Å². The van der Waals surface area contributed by atoms with E-state index in [2.05, 4.69) is 52.7 Å². The molecule has 4 heteroatoms. The van der Waals surface area contributed by atoms with Gasteiger partial charge in [0.05, 0.1) is 7.11 Å². The summed E-state index contributed by atoms with van der Waals surface area (Å²) in [6.07, 6.45) is 1.75. The van der Waals surface area contributed by atoms with Gasteiger partial charge in [0.1, 0.15) is 5.75 Å². The van der Waals surface area contributed by atoms with Crippen LogP contribution in [0.5, 0.6) is 5.75 Å². The van der Waals surface area contributed by atoms with E-state index in [-0.39, 0.29) is 11.8 Å². The third-order valence-corrected chi connectivity index (χ3v) is 6.74. The maximum absolute atomic E-state index is 13.1. The number of para-hydroxylation sites is 1. The molecule has 0 unspecified atom stereocenters. The Balaban J connectivity index is 1.21. The Morgan fingerprint density at radius 2 is 1.65 bits per heavy atom. The Morgan fingerprint density at radius 3 is 2.47 bits per heavy atom. The molecule has 4 nitrogen and oxygen atoms in total. The van der Waals surface area contributed by atoms with E-state index in [9.17, 15) is 4.79 Å². The van der Waals surface area contributed by atoms with Crippen LogP contribution < -0.4 is 10.1 Å². The summed E-state index contributed by atoms with van der Waals surface area (Å²) in [7, 11) is 1.67. The van der Waals surface area contributed by atoms with Crippen molar-refractivity contribution in [2.75, 3.05) is 25.5 Å². The monoisotopic (exact) mass is 450 g/mol. The third-order valence-electron chi connectivity index (χ3n) is 6.74. The molecule has 1 N–H and O–H groups in total. The molecule has 0 atom stereocenters. The van der Waals surface area contributed by atoms with E-state index in [4.69, 9.17) is 4.74 Å². The lowest BCUT2D eigenvalue weighted by Crippen LogP contribution is -2.37. The Kier molecular flexibility index (Phi) is 6.59. The fraction of sp³-hybridized carbons (Fsp3) is 0.233. The molecule has 1 aliphatic rings. The fourth-order valence-electron chi connectivity index (χ4n) is 4.82. The topological polar surface area (TPSA) is 41.6 Å². The van der Waals surface area contributed by atoms with Crippen LogP contribution in [0.25, 0.3) is 21.9 Å². The average Bonchev–Trinajstić information content (AvgIpc) is 2.89. The maximum atomic E-state index is 13.1. The van der Waals surface area contributed by atoms with Gasteiger partial charge in [0, 0.05) is 23.7 Å². The van der Waals surface area contributed by atoms with Crippen LogP contribution in [-0.2, 0) is 11.3 Å². The molecule has 4 aromatic carbocycles. The molecular weight excluding hydrogens is 420 g/mol. The molecule has 34 heavy (non-hydrogen) atoms. The van der Waals surface area contributed by atoms with Gasteiger partial charge >= 0.3 is 0 Å². The number of nitrogens with zero attached hydrogens (tertiary/aromatic N) is 1. The maximum Gasteiger partial charge on any atom is 0.227 e. The Morgan fingerprint density at radius 1 is 0.882 bits per heavy atom. The van der Waals surface area contributed by atoms with E-state index in [0.717, 1.165) is 55.0 Å². The highest BCUT2D eigenvalue weighted by Crippen LogP contribution is 2.31. The van der Waals surface area contributed by atoms with E-state index < -0.39 is 0 Å². The first-order valence-electron chi connectivity index (χ1n) is 11.9. The van der Waals surface area contributed by atoms with Crippen molar-refractivity contribution in [1.82, 2.24) is 4.90 Å². The number of benzene rings is 4. The summed E-state index contributed by atoms with van der Waals surface area (Å²) in [5.41, 5.74) is 4.21. The third kappa shape index (κ3) is 4.97. The van der Waals surface area contributed by atoms with Gasteiger partial charge < -0.3 is 10.1 Å². The second-order valence-corrected chi connectivity index (χ2v) is 9.00. The first-order chi connectivity index (χ1) is 16.7. The number of anilines is 1. The zero-order valence-electron chi connectivity index (χ0n) is 19.5. The van der Waals surface area contributed by atoms with Crippen LogP contribution in [0.1, 0.15) is 18.4 Å². The van der Waals surface area contributed by atoms with Gasteiger partial charge in [-0.1, -0.05) is 66.7 Å². The summed E-state index contributed by atoms with van der Waals surface area (Å²) in [6.45, 7) is 2.79. The number of fused-ring (bicyclic) bond motifs is 1. The number of ether oxygens (including phenoxy) is 1. The van der Waals surface area contributed by atoms with Crippen LogP contribution in [0.3, 0.4) is 0 Å². The van der Waals surface area contributed by atoms with E-state index >= 15 is 0 Å². The number of carbonyl (C=O) groups is 1. The van der Waals surface area contributed by atoms with Gasteiger partial charge in [0.25, 0.3) is 0 Å². The molecule has 172 valence electrons. The summed E-state index contributed by atoms with van der Waals surface area (Å²) < 4.78 is 5.37. The number of methoxy groups -OCH3 is 1. The lowest BCUT2D eigenvalue weighted by atomic mass is 9.94. The average molecular weight is 451 g/mol. The predicted octanol–water partition coefficient (Wildman–Crippen LogP) is 6.37. The van der Waals surface area contributed by atoms with Gasteiger partial charge in [0.2, 0.25) is 5.91 Å². The quantitative estimate of drug-likeness (QED) is 0.371. The summed E-state index contributed by atoms with van der Waals surface area (Å²) in [5, 5.41) is 5.76. The Bertz CT molecular complexity index is 1290. The number of carbonyl (C=O) groups excluding carboxylic acids is 1. The lowest BCUT2D eigenvalue weighted by molar-refractivity contribution is -0.121. The van der Waals surface area contributed by atoms with Gasteiger partial charge in [-0.3, -0.25) is 9.69 Å². The number of piperidine rings is 1. The minimum absolute atomic E-state index is 0.0335. The fourth-order valence-corrected chi connectivity index (χ4v) is 4.82.